The Morgan fingerprint density at radius 1 is 0.788 bits per heavy atom. The molecule has 4 saturated carbocycles. The van der Waals surface area contributed by atoms with Crippen LogP contribution in [0, 0.1) is 23.2 Å². The summed E-state index contributed by atoms with van der Waals surface area (Å²) >= 11 is 1.40. The number of aliphatic carboxylic acids is 2. The van der Waals surface area contributed by atoms with Crippen LogP contribution in [-0.4, -0.2) is 196 Å². The number of anilines is 3. The van der Waals surface area contributed by atoms with Crippen LogP contribution in [0.5, 0.6) is 5.75 Å². The first-order valence-corrected chi connectivity index (χ1v) is 35.6. The zero-order valence-corrected chi connectivity index (χ0v) is 58.6. The van der Waals surface area contributed by atoms with Gasteiger partial charge in [0.15, 0.2) is 16.9 Å². The Morgan fingerprint density at radius 3 is 2.30 bits per heavy atom. The number of hydrogen-bond donors (Lipinski definition) is 9. The lowest BCUT2D eigenvalue weighted by Gasteiger charge is -2.69. The standard InChI is InChI=1S/C74H84N10O19S/c1-43-48(46-18-20-54(79-60(46)66(95)96)82-28-24-45-12-9-13-47(49(45)35-82)65(94)80-69-78-50-14-6-7-15-53(50)104-69)34-76-84(43)42-73-37-71(2)36-72(3,38-73)40-74(39-71,41-73)101-32-30-81(29-25-59(89)90)70(99)100-31-10-11-44-17-19-52(102-68-63(93)61(91)62(92)64(103-68)67(97)98)51(33-44)77-56(86)23-26-75-55(85)16-5-4-8-27-83-57(87)21-22-58(83)88/h6-7,9-15,17-22,33-34,61-64,68,91-93H,4-5,8,16,23-32,35-42H2,1-3H3,(H,75,85)(H,77,86)(H,89,90)(H,95,96)(H,97,98)(H,78,80,94)/b11-10+/t61-,62-,63+,64-,68+,71?,72?,73?,74?/m0/s1. The second-order valence-electron chi connectivity index (χ2n) is 28.8. The number of benzene rings is 3. The van der Waals surface area contributed by atoms with E-state index in [1.807, 2.05) is 59.0 Å². The summed E-state index contributed by atoms with van der Waals surface area (Å²) in [5.74, 6) is -5.66. The smallest absolute Gasteiger partial charge is 0.410 e. The van der Waals surface area contributed by atoms with E-state index in [2.05, 4.69) is 34.8 Å². The normalized spacial score (nSPS) is 24.6. The van der Waals surface area contributed by atoms with E-state index in [9.17, 15) is 73.8 Å². The van der Waals surface area contributed by atoms with E-state index < -0.39 is 66.2 Å². The molecule has 7 atom stereocenters. The number of aliphatic hydroxyl groups is 3. The Morgan fingerprint density at radius 2 is 1.56 bits per heavy atom. The van der Waals surface area contributed by atoms with Crippen LogP contribution in [0.25, 0.3) is 27.4 Å². The predicted molar refractivity (Wildman–Crippen MR) is 377 cm³/mol. The Bertz CT molecular complexity index is 4330. The number of aliphatic hydroxyl groups excluding tert-OH is 3. The average molecular weight is 1450 g/mol. The van der Waals surface area contributed by atoms with Gasteiger partial charge in [-0.2, -0.15) is 5.10 Å². The van der Waals surface area contributed by atoms with Crippen molar-refractivity contribution >= 4 is 97.8 Å². The van der Waals surface area contributed by atoms with Crippen molar-refractivity contribution in [2.45, 2.75) is 154 Å². The molecule has 0 spiro atoms. The number of amides is 6. The minimum absolute atomic E-state index is 0.00947. The van der Waals surface area contributed by atoms with Crippen LogP contribution in [0.15, 0.2) is 97.2 Å². The molecule has 6 heterocycles. The molecule has 6 aromatic rings. The number of aromatic nitrogens is 4. The van der Waals surface area contributed by atoms with Crippen LogP contribution >= 0.6 is 11.3 Å². The number of nitrogens with one attached hydrogen (secondary N) is 3. The van der Waals surface area contributed by atoms with Crippen molar-refractivity contribution in [1.29, 1.82) is 0 Å². The number of rotatable bonds is 30. The van der Waals surface area contributed by atoms with Gasteiger partial charge in [0.05, 0.1) is 40.7 Å². The molecule has 29 nitrogen and oxygen atoms in total. The number of aromatic carboxylic acids is 1. The molecule has 13 rings (SSSR count). The number of carboxylic acids is 3. The molecule has 3 aromatic heterocycles. The SMILES string of the molecule is Cc1c(-c2ccc(N3CCc4cccc(C(=O)Nc5nc6ccccc6s5)c4C3)nc2C(=O)O)cnn1CC12CC3(C)CC(C)(C1)CC(OCCN(CCC(=O)O)C(=O)OC/C=C/c1ccc(O[C@@H]4O[C@H](C(=O)O)[C@@H](O)[C@H](O)[C@H]4O)c(NC(=O)CCNC(=O)CCCCCN4C(=O)C=CC4=O)c1)(C3)C2. The highest BCUT2D eigenvalue weighted by molar-refractivity contribution is 7.22. The van der Waals surface area contributed by atoms with Crippen LogP contribution in [0.4, 0.5) is 21.4 Å². The molecule has 2 unspecified atom stereocenters. The van der Waals surface area contributed by atoms with Gasteiger partial charge in [0.1, 0.15) is 36.5 Å². The maximum absolute atomic E-state index is 13.9. The Kier molecular flexibility index (Phi) is 21.8. The number of carboxylic acid groups (broad SMARTS) is 3. The zero-order chi connectivity index (χ0) is 73.8. The Labute approximate surface area is 601 Å². The van der Waals surface area contributed by atoms with Gasteiger partial charge in [-0.15, -0.1) is 0 Å². The second-order valence-corrected chi connectivity index (χ2v) is 29.8. The summed E-state index contributed by atoms with van der Waals surface area (Å²) in [5, 5.41) is 75.4. The summed E-state index contributed by atoms with van der Waals surface area (Å²) in [6.07, 6.45) is 3.27. The summed E-state index contributed by atoms with van der Waals surface area (Å²) < 4.78 is 26.7. The Balaban J connectivity index is 0.671. The van der Waals surface area contributed by atoms with Gasteiger partial charge in [-0.05, 0) is 146 Å². The molecule has 9 N–H and O–H groups in total. The molecule has 104 heavy (non-hydrogen) atoms. The summed E-state index contributed by atoms with van der Waals surface area (Å²) in [6, 6.07) is 21.2. The summed E-state index contributed by atoms with van der Waals surface area (Å²) in [6.45, 7) is 7.71. The van der Waals surface area contributed by atoms with E-state index in [-0.39, 0.29) is 116 Å². The average Bonchev–Trinajstić information content (AvgIpc) is 0.740. The van der Waals surface area contributed by atoms with E-state index in [4.69, 9.17) is 29.0 Å². The number of unbranched alkanes of at least 4 members (excludes halogenated alkanes) is 2. The van der Waals surface area contributed by atoms with Gasteiger partial charge < -0.3 is 70.0 Å². The quantitative estimate of drug-likeness (QED) is 0.0157. The molecule has 6 amide bonds. The number of pyridine rings is 1. The van der Waals surface area contributed by atoms with E-state index in [1.54, 1.807) is 24.4 Å². The minimum atomic E-state index is -2.00. The predicted octanol–water partition coefficient (Wildman–Crippen LogP) is 7.34. The number of carbonyl (C=O) groups is 9. The van der Waals surface area contributed by atoms with Crippen molar-refractivity contribution in [3.05, 3.63) is 131 Å². The van der Waals surface area contributed by atoms with E-state index in [1.165, 1.54) is 52.7 Å². The first-order valence-electron chi connectivity index (χ1n) is 34.7. The summed E-state index contributed by atoms with van der Waals surface area (Å²) in [7, 11) is 0. The van der Waals surface area contributed by atoms with Crippen molar-refractivity contribution in [2.75, 3.05) is 61.5 Å². The van der Waals surface area contributed by atoms with Crippen molar-refractivity contribution < 1.29 is 92.7 Å². The zero-order valence-electron chi connectivity index (χ0n) is 57.8. The molecule has 7 aliphatic rings. The fourth-order valence-electron chi connectivity index (χ4n) is 16.8. The number of ether oxygens (including phenoxy) is 4. The van der Waals surface area contributed by atoms with Crippen LogP contribution in [0.3, 0.4) is 0 Å². The van der Waals surface area contributed by atoms with Gasteiger partial charge in [-0.25, -0.2) is 24.4 Å². The third-order valence-corrected chi connectivity index (χ3v) is 21.4. The monoisotopic (exact) mass is 1450 g/mol. The lowest BCUT2D eigenvalue weighted by atomic mass is 9.39. The van der Waals surface area contributed by atoms with Gasteiger partial charge >= 0.3 is 24.0 Å². The van der Waals surface area contributed by atoms with Crippen LogP contribution in [0.1, 0.15) is 134 Å². The molecule has 3 aliphatic heterocycles. The lowest BCUT2D eigenvalue weighted by molar-refractivity contribution is -0.271. The number of para-hydroxylation sites is 1. The first kappa shape index (κ1) is 73.8. The maximum Gasteiger partial charge on any atom is 0.410 e. The van der Waals surface area contributed by atoms with Gasteiger partial charge in [-0.1, -0.05) is 68.0 Å². The molecule has 0 radical (unpaired) electrons. The summed E-state index contributed by atoms with van der Waals surface area (Å²) in [5.41, 5.74) is 4.16. The van der Waals surface area contributed by atoms with E-state index >= 15 is 0 Å². The number of fused-ring (bicyclic) bond motifs is 2. The van der Waals surface area contributed by atoms with Crippen molar-refractivity contribution in [3.8, 4) is 16.9 Å². The fourth-order valence-corrected chi connectivity index (χ4v) is 17.7. The number of imide groups is 1. The maximum atomic E-state index is 13.9. The van der Waals surface area contributed by atoms with E-state index in [0.29, 0.717) is 84.9 Å². The van der Waals surface area contributed by atoms with E-state index in [0.717, 1.165) is 64.0 Å². The molecule has 550 valence electrons. The second kappa shape index (κ2) is 30.8. The van der Waals surface area contributed by atoms with Gasteiger partial charge in [0.2, 0.25) is 18.1 Å². The molecule has 1 saturated heterocycles. The number of thiazole rings is 1. The molecule has 5 fully saturated rings. The molecular formula is C74H84N10O19S. The number of carbonyl (C=O) groups excluding carboxylic acids is 6. The Hall–Kier alpha value is -9.98. The first-order chi connectivity index (χ1) is 49.7. The molecule has 4 aliphatic carbocycles. The highest BCUT2D eigenvalue weighted by atomic mass is 32.1. The van der Waals surface area contributed by atoms with Crippen molar-refractivity contribution in [3.63, 3.8) is 0 Å². The lowest BCUT2D eigenvalue weighted by Crippen LogP contribution is -2.64. The molecule has 3 aromatic carbocycles. The summed E-state index contributed by atoms with van der Waals surface area (Å²) in [4.78, 5) is 128. The number of hydrogen-bond acceptors (Lipinski definition) is 21. The van der Waals surface area contributed by atoms with Gasteiger partial charge in [0, 0.05) is 93.2 Å². The minimum Gasteiger partial charge on any atom is -0.481 e. The molecule has 30 heteroatoms. The largest absolute Gasteiger partial charge is 0.481 e. The number of nitrogens with zero attached hydrogens (tertiary/aromatic N) is 7. The van der Waals surface area contributed by atoms with Crippen LogP contribution in [0.2, 0.25) is 0 Å². The van der Waals surface area contributed by atoms with Crippen LogP contribution < -0.4 is 25.6 Å². The van der Waals surface area contributed by atoms with Crippen molar-refractivity contribution in [1.82, 2.24) is 34.9 Å². The topological polar surface area (TPSA) is 401 Å². The highest BCUT2D eigenvalue weighted by Crippen LogP contribution is 2.72. The van der Waals surface area contributed by atoms with Gasteiger partial charge in [-0.3, -0.25) is 43.7 Å². The van der Waals surface area contributed by atoms with Gasteiger partial charge in [0.25, 0.3) is 17.7 Å². The van der Waals surface area contributed by atoms with Crippen molar-refractivity contribution in [2.24, 2.45) is 16.2 Å². The fraction of sp³-hybridized carbons (Fsp3) is 0.459. The molecule has 4 bridgehead atoms. The van der Waals surface area contributed by atoms with Crippen LogP contribution in [-0.2, 0) is 62.5 Å². The third-order valence-electron chi connectivity index (χ3n) is 20.4. The third kappa shape index (κ3) is 16.6. The highest BCUT2D eigenvalue weighted by Gasteiger charge is 2.66. The molecular weight excluding hydrogens is 1360 g/mol.